The van der Waals surface area contributed by atoms with Crippen LogP contribution in [0.25, 0.3) is 0 Å². The van der Waals surface area contributed by atoms with E-state index in [4.69, 9.17) is 5.73 Å². The summed E-state index contributed by atoms with van der Waals surface area (Å²) >= 11 is 0. The number of carbonyl (C=O) groups excluding carboxylic acids is 1. The predicted molar refractivity (Wildman–Crippen MR) is 59.0 cm³/mol. The Balaban J connectivity index is 3.41. The van der Waals surface area contributed by atoms with Crippen LogP contribution in [-0.2, 0) is 4.79 Å². The van der Waals surface area contributed by atoms with Crippen LogP contribution in [0.5, 0.6) is 0 Å². The average molecular weight is 201 g/mol. The number of hydrogen-bond acceptors (Lipinski definition) is 3. The molecule has 0 saturated heterocycles. The van der Waals surface area contributed by atoms with Gasteiger partial charge in [0.2, 0.25) is 5.91 Å². The van der Waals surface area contributed by atoms with Gasteiger partial charge in [0.25, 0.3) is 0 Å². The van der Waals surface area contributed by atoms with E-state index in [1.54, 1.807) is 0 Å². The lowest BCUT2D eigenvalue weighted by Crippen LogP contribution is -2.42. The summed E-state index contributed by atoms with van der Waals surface area (Å²) in [5.74, 6) is -0.256. The minimum atomic E-state index is -0.256. The Morgan fingerprint density at radius 1 is 1.36 bits per heavy atom. The van der Waals surface area contributed by atoms with E-state index in [-0.39, 0.29) is 17.5 Å². The van der Waals surface area contributed by atoms with Crippen LogP contribution in [-0.4, -0.2) is 30.6 Å². The van der Waals surface area contributed by atoms with Crippen molar-refractivity contribution in [2.75, 3.05) is 13.1 Å². The van der Waals surface area contributed by atoms with E-state index in [0.29, 0.717) is 6.42 Å². The zero-order chi connectivity index (χ0) is 11.2. The van der Waals surface area contributed by atoms with Crippen molar-refractivity contribution < 1.29 is 4.79 Å². The van der Waals surface area contributed by atoms with Crippen molar-refractivity contribution in [3.8, 4) is 0 Å². The van der Waals surface area contributed by atoms with Crippen molar-refractivity contribution in [3.63, 3.8) is 0 Å². The van der Waals surface area contributed by atoms with Crippen molar-refractivity contribution in [1.82, 2.24) is 10.6 Å². The van der Waals surface area contributed by atoms with Crippen LogP contribution < -0.4 is 16.4 Å². The maximum atomic E-state index is 10.6. The summed E-state index contributed by atoms with van der Waals surface area (Å²) in [4.78, 5) is 10.6. The summed E-state index contributed by atoms with van der Waals surface area (Å²) in [7, 11) is 0. The minimum Gasteiger partial charge on any atom is -0.370 e. The second-order valence-corrected chi connectivity index (χ2v) is 4.70. The molecule has 4 heteroatoms. The monoisotopic (exact) mass is 201 g/mol. The number of carbonyl (C=O) groups is 1. The normalized spacial score (nSPS) is 14.0. The van der Waals surface area contributed by atoms with E-state index in [2.05, 4.69) is 31.4 Å². The first-order valence-corrected chi connectivity index (χ1v) is 5.08. The van der Waals surface area contributed by atoms with Crippen molar-refractivity contribution >= 4 is 5.91 Å². The lowest BCUT2D eigenvalue weighted by atomic mass is 10.1. The Bertz CT molecular complexity index is 175. The fraction of sp³-hybridized carbons (Fsp3) is 0.900. The number of nitrogens with two attached hydrogens (primary N) is 1. The number of amides is 1. The molecule has 84 valence electrons. The molecule has 0 aliphatic heterocycles. The molecule has 0 heterocycles. The standard InChI is InChI=1S/C10H23N3O/c1-8(7-9(11)14)12-5-6-13-10(2,3)4/h8,12-13H,5-7H2,1-4H3,(H2,11,14). The van der Waals surface area contributed by atoms with E-state index in [9.17, 15) is 4.79 Å². The molecular formula is C10H23N3O. The van der Waals surface area contributed by atoms with Gasteiger partial charge < -0.3 is 16.4 Å². The van der Waals surface area contributed by atoms with E-state index in [0.717, 1.165) is 13.1 Å². The van der Waals surface area contributed by atoms with Gasteiger partial charge in [0.15, 0.2) is 0 Å². The molecule has 0 aliphatic rings. The molecule has 0 spiro atoms. The van der Waals surface area contributed by atoms with Crippen LogP contribution in [0.1, 0.15) is 34.1 Å². The molecule has 0 aromatic heterocycles. The van der Waals surface area contributed by atoms with Gasteiger partial charge in [-0.3, -0.25) is 4.79 Å². The predicted octanol–water partition coefficient (Wildman–Crippen LogP) is 0.228. The molecule has 1 atom stereocenters. The summed E-state index contributed by atoms with van der Waals surface area (Å²) in [6.07, 6.45) is 0.398. The van der Waals surface area contributed by atoms with Crippen LogP contribution in [0, 0.1) is 0 Å². The van der Waals surface area contributed by atoms with Crippen LogP contribution in [0.15, 0.2) is 0 Å². The largest absolute Gasteiger partial charge is 0.370 e. The van der Waals surface area contributed by atoms with Gasteiger partial charge in [-0.2, -0.15) is 0 Å². The molecule has 0 rings (SSSR count). The van der Waals surface area contributed by atoms with Crippen LogP contribution >= 0.6 is 0 Å². The van der Waals surface area contributed by atoms with E-state index in [1.807, 2.05) is 6.92 Å². The second-order valence-electron chi connectivity index (χ2n) is 4.70. The van der Waals surface area contributed by atoms with Gasteiger partial charge in [0, 0.05) is 31.1 Å². The van der Waals surface area contributed by atoms with Crippen molar-refractivity contribution in [3.05, 3.63) is 0 Å². The Kier molecular flexibility index (Phi) is 5.72. The number of hydrogen-bond donors (Lipinski definition) is 3. The molecule has 4 nitrogen and oxygen atoms in total. The van der Waals surface area contributed by atoms with Crippen LogP contribution in [0.2, 0.25) is 0 Å². The average Bonchev–Trinajstić information content (AvgIpc) is 1.95. The van der Waals surface area contributed by atoms with Gasteiger partial charge >= 0.3 is 0 Å². The number of primary amides is 1. The molecular weight excluding hydrogens is 178 g/mol. The lowest BCUT2D eigenvalue weighted by Gasteiger charge is -2.21. The zero-order valence-corrected chi connectivity index (χ0v) is 9.68. The summed E-state index contributed by atoms with van der Waals surface area (Å²) in [6, 6.07) is 0.161. The first-order valence-electron chi connectivity index (χ1n) is 5.08. The zero-order valence-electron chi connectivity index (χ0n) is 9.68. The van der Waals surface area contributed by atoms with Crippen molar-refractivity contribution in [1.29, 1.82) is 0 Å². The highest BCUT2D eigenvalue weighted by atomic mass is 16.1. The first-order chi connectivity index (χ1) is 6.31. The molecule has 0 saturated carbocycles. The lowest BCUT2D eigenvalue weighted by molar-refractivity contribution is -0.118. The minimum absolute atomic E-state index is 0.147. The van der Waals surface area contributed by atoms with Gasteiger partial charge in [-0.25, -0.2) is 0 Å². The second kappa shape index (κ2) is 5.98. The first kappa shape index (κ1) is 13.4. The maximum absolute atomic E-state index is 10.6. The van der Waals surface area contributed by atoms with Crippen LogP contribution in [0.4, 0.5) is 0 Å². The van der Waals surface area contributed by atoms with E-state index >= 15 is 0 Å². The SMILES string of the molecule is CC(CC(N)=O)NCCNC(C)(C)C. The third kappa shape index (κ3) is 9.48. The van der Waals surface area contributed by atoms with Gasteiger partial charge in [-0.05, 0) is 27.7 Å². The molecule has 0 aromatic carbocycles. The summed E-state index contributed by atoms with van der Waals surface area (Å²) in [5.41, 5.74) is 5.22. The fourth-order valence-electron chi connectivity index (χ4n) is 1.13. The fourth-order valence-corrected chi connectivity index (χ4v) is 1.13. The Morgan fingerprint density at radius 3 is 2.36 bits per heavy atom. The third-order valence-electron chi connectivity index (χ3n) is 1.78. The summed E-state index contributed by atoms with van der Waals surface area (Å²) in [6.45, 7) is 10.1. The van der Waals surface area contributed by atoms with Crippen LogP contribution in [0.3, 0.4) is 0 Å². The molecule has 0 fully saturated rings. The van der Waals surface area contributed by atoms with Gasteiger partial charge in [-0.15, -0.1) is 0 Å². The molecule has 0 aromatic rings. The quantitative estimate of drug-likeness (QED) is 0.539. The number of nitrogens with one attached hydrogen (secondary N) is 2. The topological polar surface area (TPSA) is 67.2 Å². The molecule has 14 heavy (non-hydrogen) atoms. The maximum Gasteiger partial charge on any atom is 0.218 e. The highest BCUT2D eigenvalue weighted by Crippen LogP contribution is 1.96. The Morgan fingerprint density at radius 2 is 1.93 bits per heavy atom. The van der Waals surface area contributed by atoms with E-state index in [1.165, 1.54) is 0 Å². The van der Waals surface area contributed by atoms with Crippen molar-refractivity contribution in [2.24, 2.45) is 5.73 Å². The molecule has 1 unspecified atom stereocenters. The summed E-state index contributed by atoms with van der Waals surface area (Å²) in [5, 5.41) is 6.58. The molecule has 0 radical (unpaired) electrons. The molecule has 4 N–H and O–H groups in total. The summed E-state index contributed by atoms with van der Waals surface area (Å²) < 4.78 is 0. The molecule has 0 bridgehead atoms. The molecule has 1 amide bonds. The smallest absolute Gasteiger partial charge is 0.218 e. The molecule has 0 aliphatic carbocycles. The highest BCUT2D eigenvalue weighted by molar-refractivity contribution is 5.74. The Labute approximate surface area is 86.6 Å². The van der Waals surface area contributed by atoms with E-state index < -0.39 is 0 Å². The van der Waals surface area contributed by atoms with Gasteiger partial charge in [-0.1, -0.05) is 0 Å². The third-order valence-corrected chi connectivity index (χ3v) is 1.78. The van der Waals surface area contributed by atoms with Gasteiger partial charge in [0.1, 0.15) is 0 Å². The highest BCUT2D eigenvalue weighted by Gasteiger charge is 2.08. The Hall–Kier alpha value is -0.610. The number of rotatable bonds is 6. The van der Waals surface area contributed by atoms with Crippen molar-refractivity contribution in [2.45, 2.75) is 45.7 Å². The van der Waals surface area contributed by atoms with Gasteiger partial charge in [0.05, 0.1) is 0 Å².